The van der Waals surface area contributed by atoms with Crippen LogP contribution in [-0.2, 0) is 14.3 Å². The van der Waals surface area contributed by atoms with Gasteiger partial charge in [-0.05, 0) is 42.0 Å². The number of imide groups is 1. The van der Waals surface area contributed by atoms with Crippen molar-refractivity contribution >= 4 is 34.9 Å². The van der Waals surface area contributed by atoms with E-state index in [9.17, 15) is 14.4 Å². The average Bonchev–Trinajstić information content (AvgIpc) is 2.97. The zero-order valence-electron chi connectivity index (χ0n) is 16.1. The van der Waals surface area contributed by atoms with Crippen LogP contribution in [0.3, 0.4) is 0 Å². The molecule has 2 rings (SSSR count). The molecule has 0 aromatic heterocycles. The molecule has 0 radical (unpaired) electrons. The van der Waals surface area contributed by atoms with E-state index in [0.717, 1.165) is 16.7 Å². The van der Waals surface area contributed by atoms with E-state index in [4.69, 9.17) is 19.5 Å². The van der Waals surface area contributed by atoms with Gasteiger partial charge in [-0.2, -0.15) is 5.26 Å². The summed E-state index contributed by atoms with van der Waals surface area (Å²) in [5.41, 5.74) is 0.612. The van der Waals surface area contributed by atoms with Crippen molar-refractivity contribution in [3.05, 3.63) is 28.7 Å². The van der Waals surface area contributed by atoms with Gasteiger partial charge in [0.25, 0.3) is 11.1 Å². The molecular weight excluding hydrogens is 398 g/mol. The normalized spacial score (nSPS) is 14.8. The molecule has 10 heteroatoms. The van der Waals surface area contributed by atoms with Gasteiger partial charge in [0, 0.05) is 20.3 Å². The van der Waals surface area contributed by atoms with Gasteiger partial charge < -0.3 is 19.5 Å². The van der Waals surface area contributed by atoms with Crippen LogP contribution < -0.4 is 14.8 Å². The first-order valence-electron chi connectivity index (χ1n) is 8.69. The highest BCUT2D eigenvalue weighted by Crippen LogP contribution is 2.34. The zero-order chi connectivity index (χ0) is 21.2. The number of nitriles is 1. The van der Waals surface area contributed by atoms with Crippen LogP contribution in [0.1, 0.15) is 12.0 Å². The minimum Gasteiger partial charge on any atom is -0.493 e. The maximum atomic E-state index is 12.5. The summed E-state index contributed by atoms with van der Waals surface area (Å²) in [5, 5.41) is 10.7. The predicted molar refractivity (Wildman–Crippen MR) is 106 cm³/mol. The molecule has 154 valence electrons. The number of nitrogens with one attached hydrogen (secondary N) is 1. The number of rotatable bonds is 10. The van der Waals surface area contributed by atoms with Crippen molar-refractivity contribution < 1.29 is 28.6 Å². The van der Waals surface area contributed by atoms with Crippen molar-refractivity contribution in [1.29, 1.82) is 5.26 Å². The molecule has 0 bridgehead atoms. The molecule has 0 aliphatic carbocycles. The van der Waals surface area contributed by atoms with Gasteiger partial charge in [-0.3, -0.25) is 19.3 Å². The summed E-state index contributed by atoms with van der Waals surface area (Å²) in [4.78, 5) is 37.7. The molecule has 29 heavy (non-hydrogen) atoms. The maximum Gasteiger partial charge on any atom is 0.294 e. The van der Waals surface area contributed by atoms with Crippen LogP contribution >= 0.6 is 11.8 Å². The number of thioether (sulfide) groups is 1. The number of hydrogen-bond acceptors (Lipinski definition) is 8. The number of nitrogens with zero attached hydrogens (tertiary/aromatic N) is 2. The third-order valence-electron chi connectivity index (χ3n) is 3.80. The second-order valence-electron chi connectivity index (χ2n) is 5.82. The van der Waals surface area contributed by atoms with Crippen LogP contribution in [0.4, 0.5) is 4.79 Å². The van der Waals surface area contributed by atoms with Crippen molar-refractivity contribution in [2.75, 3.05) is 40.5 Å². The van der Waals surface area contributed by atoms with Crippen molar-refractivity contribution in [1.82, 2.24) is 10.2 Å². The standard InChI is InChI=1S/C19H21N3O6S/c1-26-8-3-7-21-17(23)12-22-18(24)16(29-19(22)25)11-13-4-5-14(28-9-6-20)15(10-13)27-2/h4-5,10-11H,3,7-9,12H2,1-2H3,(H,21,23)/b16-11-. The van der Waals surface area contributed by atoms with E-state index < -0.39 is 17.1 Å². The van der Waals surface area contributed by atoms with Crippen molar-refractivity contribution in [2.24, 2.45) is 0 Å². The van der Waals surface area contributed by atoms with Gasteiger partial charge in [0.15, 0.2) is 18.1 Å². The highest BCUT2D eigenvalue weighted by molar-refractivity contribution is 8.18. The Balaban J connectivity index is 2.05. The van der Waals surface area contributed by atoms with Crippen LogP contribution in [0.25, 0.3) is 6.08 Å². The summed E-state index contributed by atoms with van der Waals surface area (Å²) >= 11 is 0.766. The third-order valence-corrected chi connectivity index (χ3v) is 4.71. The first-order chi connectivity index (χ1) is 14.0. The molecule has 1 aliphatic rings. The number of carbonyl (C=O) groups is 3. The van der Waals surface area contributed by atoms with Gasteiger partial charge in [-0.25, -0.2) is 0 Å². The molecule has 1 saturated heterocycles. The van der Waals surface area contributed by atoms with Crippen LogP contribution in [0.5, 0.6) is 11.5 Å². The second-order valence-corrected chi connectivity index (χ2v) is 6.81. The number of ether oxygens (including phenoxy) is 3. The van der Waals surface area contributed by atoms with Gasteiger partial charge in [0.2, 0.25) is 5.91 Å². The zero-order valence-corrected chi connectivity index (χ0v) is 16.9. The molecule has 1 N–H and O–H groups in total. The summed E-state index contributed by atoms with van der Waals surface area (Å²) in [5.74, 6) is -0.158. The highest BCUT2D eigenvalue weighted by Gasteiger charge is 2.36. The van der Waals surface area contributed by atoms with E-state index in [2.05, 4.69) is 5.32 Å². The Kier molecular flexibility index (Phi) is 8.51. The van der Waals surface area contributed by atoms with E-state index in [0.29, 0.717) is 36.6 Å². The monoisotopic (exact) mass is 419 g/mol. The Morgan fingerprint density at radius 2 is 2.10 bits per heavy atom. The van der Waals surface area contributed by atoms with Gasteiger partial charge in [0.05, 0.1) is 12.0 Å². The molecule has 1 aromatic rings. The number of amides is 3. The van der Waals surface area contributed by atoms with E-state index in [-0.39, 0.29) is 18.1 Å². The SMILES string of the molecule is COCCCNC(=O)CN1C(=O)S/C(=C\c2ccc(OCC#N)c(OC)c2)C1=O. The Labute approximate surface area is 172 Å². The summed E-state index contributed by atoms with van der Waals surface area (Å²) in [7, 11) is 3.02. The first kappa shape index (κ1) is 22.3. The van der Waals surface area contributed by atoms with Crippen LogP contribution in [0.15, 0.2) is 23.1 Å². The second kappa shape index (κ2) is 11.1. The van der Waals surface area contributed by atoms with Crippen LogP contribution in [0, 0.1) is 11.3 Å². The molecule has 0 unspecified atom stereocenters. The lowest BCUT2D eigenvalue weighted by atomic mass is 10.2. The molecule has 0 spiro atoms. The van der Waals surface area contributed by atoms with Crippen LogP contribution in [0.2, 0.25) is 0 Å². The smallest absolute Gasteiger partial charge is 0.294 e. The molecule has 0 atom stereocenters. The number of methoxy groups -OCH3 is 2. The lowest BCUT2D eigenvalue weighted by Crippen LogP contribution is -2.39. The van der Waals surface area contributed by atoms with Crippen LogP contribution in [-0.4, -0.2) is 62.5 Å². The fourth-order valence-corrected chi connectivity index (χ4v) is 3.27. The van der Waals surface area contributed by atoms with Crippen molar-refractivity contribution in [3.63, 3.8) is 0 Å². The van der Waals surface area contributed by atoms with Gasteiger partial charge in [-0.15, -0.1) is 0 Å². The Morgan fingerprint density at radius 3 is 2.79 bits per heavy atom. The predicted octanol–water partition coefficient (Wildman–Crippen LogP) is 1.79. The minimum absolute atomic E-state index is 0.123. The van der Waals surface area contributed by atoms with Gasteiger partial charge >= 0.3 is 0 Å². The number of hydrogen-bond donors (Lipinski definition) is 1. The molecular formula is C19H21N3O6S. The summed E-state index contributed by atoms with van der Waals surface area (Å²) in [6, 6.07) is 6.78. The number of benzene rings is 1. The van der Waals surface area contributed by atoms with Gasteiger partial charge in [-0.1, -0.05) is 6.07 Å². The van der Waals surface area contributed by atoms with E-state index in [1.54, 1.807) is 25.3 Å². The molecule has 0 saturated carbocycles. The Morgan fingerprint density at radius 1 is 1.31 bits per heavy atom. The Hall–Kier alpha value is -3.03. The summed E-state index contributed by atoms with van der Waals surface area (Å²) in [6.07, 6.45) is 2.18. The molecule has 1 aliphatic heterocycles. The van der Waals surface area contributed by atoms with Gasteiger partial charge in [0.1, 0.15) is 12.6 Å². The van der Waals surface area contributed by atoms with Crippen molar-refractivity contribution in [2.45, 2.75) is 6.42 Å². The largest absolute Gasteiger partial charge is 0.493 e. The van der Waals surface area contributed by atoms with E-state index in [1.165, 1.54) is 13.2 Å². The first-order valence-corrected chi connectivity index (χ1v) is 9.50. The topological polar surface area (TPSA) is 118 Å². The quantitative estimate of drug-likeness (QED) is 0.450. The summed E-state index contributed by atoms with van der Waals surface area (Å²) in [6.45, 7) is 0.453. The maximum absolute atomic E-state index is 12.5. The summed E-state index contributed by atoms with van der Waals surface area (Å²) < 4.78 is 15.4. The number of carbonyl (C=O) groups excluding carboxylic acids is 3. The molecule has 1 aromatic carbocycles. The highest BCUT2D eigenvalue weighted by atomic mass is 32.2. The van der Waals surface area contributed by atoms with E-state index >= 15 is 0 Å². The lowest BCUT2D eigenvalue weighted by molar-refractivity contribution is -0.129. The molecule has 1 heterocycles. The third kappa shape index (κ3) is 6.23. The minimum atomic E-state index is -0.532. The fraction of sp³-hybridized carbons (Fsp3) is 0.368. The van der Waals surface area contributed by atoms with Crippen molar-refractivity contribution in [3.8, 4) is 17.6 Å². The van der Waals surface area contributed by atoms with E-state index in [1.807, 2.05) is 6.07 Å². The Bertz CT molecular complexity index is 849. The molecule has 9 nitrogen and oxygen atoms in total. The average molecular weight is 419 g/mol. The fourth-order valence-electron chi connectivity index (χ4n) is 2.43. The lowest BCUT2D eigenvalue weighted by Gasteiger charge is -2.12. The molecule has 3 amide bonds. The molecule has 1 fully saturated rings.